The summed E-state index contributed by atoms with van der Waals surface area (Å²) in [5, 5.41) is 14.7. The zero-order valence-electron chi connectivity index (χ0n) is 12.1. The van der Waals surface area contributed by atoms with E-state index in [1.165, 1.54) is 30.3 Å². The van der Waals surface area contributed by atoms with Crippen LogP contribution in [0.5, 0.6) is 0 Å². The van der Waals surface area contributed by atoms with Gasteiger partial charge in [-0.1, -0.05) is 46.4 Å². The van der Waals surface area contributed by atoms with Gasteiger partial charge in [0.15, 0.2) is 5.11 Å². The quantitative estimate of drug-likeness (QED) is 0.580. The highest BCUT2D eigenvalue weighted by Gasteiger charge is 2.16. The predicted molar refractivity (Wildman–Crippen MR) is 104 cm³/mol. The molecule has 0 aliphatic heterocycles. The monoisotopic (exact) mass is 436 g/mol. The van der Waals surface area contributed by atoms with Gasteiger partial charge < -0.3 is 10.4 Å². The van der Waals surface area contributed by atoms with Crippen LogP contribution in [0.25, 0.3) is 0 Å². The largest absolute Gasteiger partial charge is 0.478 e. The van der Waals surface area contributed by atoms with Gasteiger partial charge in [-0.05, 0) is 42.5 Å². The number of rotatable bonds is 3. The molecule has 130 valence electrons. The van der Waals surface area contributed by atoms with Crippen LogP contribution in [0.1, 0.15) is 20.7 Å². The maximum absolute atomic E-state index is 12.2. The van der Waals surface area contributed by atoms with Gasteiger partial charge in [0, 0.05) is 5.02 Å². The van der Waals surface area contributed by atoms with Crippen molar-refractivity contribution in [2.75, 3.05) is 5.32 Å². The number of carboxylic acid groups (broad SMARTS) is 1. The maximum Gasteiger partial charge on any atom is 0.337 e. The smallest absolute Gasteiger partial charge is 0.337 e. The van der Waals surface area contributed by atoms with Gasteiger partial charge in [-0.15, -0.1) is 0 Å². The summed E-state index contributed by atoms with van der Waals surface area (Å²) >= 11 is 28.6. The van der Waals surface area contributed by atoms with E-state index < -0.39 is 11.9 Å². The fourth-order valence-corrected chi connectivity index (χ4v) is 3.01. The average Bonchev–Trinajstić information content (AvgIpc) is 2.49. The lowest BCUT2D eigenvalue weighted by Gasteiger charge is -2.13. The maximum atomic E-state index is 12.2. The Morgan fingerprint density at radius 3 is 2.16 bits per heavy atom. The average molecular weight is 438 g/mol. The summed E-state index contributed by atoms with van der Waals surface area (Å²) in [5.74, 6) is -1.80. The van der Waals surface area contributed by atoms with Crippen LogP contribution in [0.4, 0.5) is 5.69 Å². The first-order valence-electron chi connectivity index (χ1n) is 6.48. The summed E-state index contributed by atoms with van der Waals surface area (Å²) < 4.78 is 0. The van der Waals surface area contributed by atoms with Crippen molar-refractivity contribution in [3.05, 3.63) is 61.5 Å². The molecule has 5 nitrogen and oxygen atoms in total. The molecule has 10 heteroatoms. The van der Waals surface area contributed by atoms with Crippen molar-refractivity contribution in [3.8, 4) is 0 Å². The van der Waals surface area contributed by atoms with Crippen LogP contribution in [-0.2, 0) is 0 Å². The lowest BCUT2D eigenvalue weighted by molar-refractivity contribution is 0.0697. The van der Waals surface area contributed by atoms with Crippen LogP contribution >= 0.6 is 58.6 Å². The molecule has 0 aliphatic carbocycles. The summed E-state index contributed by atoms with van der Waals surface area (Å²) in [6.07, 6.45) is 0. The number of thiocarbonyl (C=S) groups is 1. The zero-order valence-corrected chi connectivity index (χ0v) is 15.9. The molecule has 1 amide bonds. The number of halogens is 4. The molecule has 0 aromatic heterocycles. The number of carboxylic acids is 1. The minimum atomic E-state index is -1.23. The van der Waals surface area contributed by atoms with E-state index >= 15 is 0 Å². The van der Waals surface area contributed by atoms with Gasteiger partial charge in [-0.25, -0.2) is 4.79 Å². The Balaban J connectivity index is 2.16. The van der Waals surface area contributed by atoms with E-state index in [0.29, 0.717) is 5.02 Å². The molecule has 0 atom stereocenters. The lowest BCUT2D eigenvalue weighted by atomic mass is 10.2. The first kappa shape index (κ1) is 19.8. The van der Waals surface area contributed by atoms with E-state index in [1.807, 2.05) is 0 Å². The molecule has 2 aromatic rings. The van der Waals surface area contributed by atoms with E-state index in [1.54, 1.807) is 0 Å². The predicted octanol–water partition coefficient (Wildman–Crippen LogP) is 5.13. The highest BCUT2D eigenvalue weighted by molar-refractivity contribution is 7.80. The molecule has 0 saturated heterocycles. The SMILES string of the molecule is O=C(O)c1cc(NC(=S)NC(=O)c2ccc(Cl)cc2Cl)c(Cl)cc1Cl. The topological polar surface area (TPSA) is 78.4 Å². The minimum absolute atomic E-state index is 0.0223. The van der Waals surface area contributed by atoms with Crippen LogP contribution in [-0.4, -0.2) is 22.1 Å². The van der Waals surface area contributed by atoms with E-state index in [9.17, 15) is 9.59 Å². The molecule has 0 aliphatic rings. The second kappa shape index (κ2) is 8.21. The number of aromatic carboxylic acids is 1. The van der Waals surface area contributed by atoms with E-state index in [0.717, 1.165) is 0 Å². The molecule has 0 spiro atoms. The fraction of sp³-hybridized carbons (Fsp3) is 0. The molecule has 0 heterocycles. The van der Waals surface area contributed by atoms with Gasteiger partial charge in [0.05, 0.1) is 31.9 Å². The summed E-state index contributed by atoms with van der Waals surface area (Å²) in [6, 6.07) is 6.84. The molecular weight excluding hydrogens is 430 g/mol. The normalized spacial score (nSPS) is 10.2. The van der Waals surface area contributed by atoms with Crippen molar-refractivity contribution < 1.29 is 14.7 Å². The van der Waals surface area contributed by atoms with Crippen molar-refractivity contribution in [2.24, 2.45) is 0 Å². The Kier molecular flexibility index (Phi) is 6.48. The minimum Gasteiger partial charge on any atom is -0.478 e. The standard InChI is InChI=1S/C15H8Cl4N2O3S/c16-6-1-2-7(9(17)3-6)13(22)21-15(25)20-12-4-8(14(23)24)10(18)5-11(12)19/h1-5H,(H,23,24)(H2,20,21,22,25). The molecule has 2 aromatic carbocycles. The second-order valence-electron chi connectivity index (χ2n) is 4.65. The fourth-order valence-electron chi connectivity index (χ4n) is 1.81. The summed E-state index contributed by atoms with van der Waals surface area (Å²) in [6.45, 7) is 0. The van der Waals surface area contributed by atoms with Gasteiger partial charge in [0.1, 0.15) is 0 Å². The first-order chi connectivity index (χ1) is 11.7. The highest BCUT2D eigenvalue weighted by atomic mass is 35.5. The van der Waals surface area contributed by atoms with Gasteiger partial charge in [-0.3, -0.25) is 10.1 Å². The molecule has 25 heavy (non-hydrogen) atoms. The van der Waals surface area contributed by atoms with Crippen LogP contribution < -0.4 is 10.6 Å². The molecule has 2 rings (SSSR count). The number of nitrogens with one attached hydrogen (secondary N) is 2. The van der Waals surface area contributed by atoms with Gasteiger partial charge in [0.2, 0.25) is 0 Å². The summed E-state index contributed by atoms with van der Waals surface area (Å²) in [5.41, 5.74) is 0.183. The van der Waals surface area contributed by atoms with Crippen LogP contribution in [0, 0.1) is 0 Å². The third-order valence-corrected chi connectivity index (χ3v) is 4.32. The Bertz CT molecular complexity index is 889. The van der Waals surface area contributed by atoms with Crippen molar-refractivity contribution in [3.63, 3.8) is 0 Å². The third kappa shape index (κ3) is 4.96. The Hall–Kier alpha value is -1.57. The van der Waals surface area contributed by atoms with Crippen molar-refractivity contribution in [1.29, 1.82) is 0 Å². The van der Waals surface area contributed by atoms with Crippen LogP contribution in [0.2, 0.25) is 20.1 Å². The lowest BCUT2D eigenvalue weighted by Crippen LogP contribution is -2.34. The van der Waals surface area contributed by atoms with E-state index in [-0.39, 0.29) is 37.0 Å². The second-order valence-corrected chi connectivity index (χ2v) is 6.72. The van der Waals surface area contributed by atoms with Crippen molar-refractivity contribution in [2.45, 2.75) is 0 Å². The number of hydrogen-bond donors (Lipinski definition) is 3. The summed E-state index contributed by atoms with van der Waals surface area (Å²) in [4.78, 5) is 23.3. The van der Waals surface area contributed by atoms with Gasteiger partial charge >= 0.3 is 5.97 Å². The number of hydrogen-bond acceptors (Lipinski definition) is 3. The third-order valence-electron chi connectivity index (χ3n) is 2.94. The number of carbonyl (C=O) groups is 2. The zero-order chi connectivity index (χ0) is 18.7. The Morgan fingerprint density at radius 2 is 1.56 bits per heavy atom. The number of amides is 1. The van der Waals surface area contributed by atoms with Crippen LogP contribution in [0.3, 0.4) is 0 Å². The Labute approximate surface area is 167 Å². The highest BCUT2D eigenvalue weighted by Crippen LogP contribution is 2.29. The molecule has 0 saturated carbocycles. The molecule has 0 radical (unpaired) electrons. The number of carbonyl (C=O) groups excluding carboxylic acids is 1. The van der Waals surface area contributed by atoms with E-state index in [2.05, 4.69) is 10.6 Å². The molecule has 0 unspecified atom stereocenters. The van der Waals surface area contributed by atoms with E-state index in [4.69, 9.17) is 63.7 Å². The first-order valence-corrected chi connectivity index (χ1v) is 8.40. The van der Waals surface area contributed by atoms with Gasteiger partial charge in [-0.2, -0.15) is 0 Å². The van der Waals surface area contributed by atoms with Crippen LogP contribution in [0.15, 0.2) is 30.3 Å². The number of benzene rings is 2. The Morgan fingerprint density at radius 1 is 0.920 bits per heavy atom. The molecular formula is C15H8Cl4N2O3S. The number of anilines is 1. The van der Waals surface area contributed by atoms with Crippen molar-refractivity contribution in [1.82, 2.24) is 5.32 Å². The molecule has 0 bridgehead atoms. The molecule has 0 fully saturated rings. The van der Waals surface area contributed by atoms with Crippen molar-refractivity contribution >= 4 is 81.3 Å². The molecule has 3 N–H and O–H groups in total. The summed E-state index contributed by atoms with van der Waals surface area (Å²) in [7, 11) is 0. The van der Waals surface area contributed by atoms with Gasteiger partial charge in [0.25, 0.3) is 5.91 Å².